The van der Waals surface area contributed by atoms with Gasteiger partial charge in [-0.05, 0) is 24.3 Å². The molecule has 0 radical (unpaired) electrons. The molecule has 33 heavy (non-hydrogen) atoms. The van der Waals surface area contributed by atoms with Crippen molar-refractivity contribution >= 4 is 28.1 Å². The fraction of sp³-hybridized carbons (Fsp3) is 0.174. The third-order valence-electron chi connectivity index (χ3n) is 5.53. The number of hydrogen-bond donors (Lipinski definition) is 0. The lowest BCUT2D eigenvalue weighted by Crippen LogP contribution is -2.47. The third kappa shape index (κ3) is 3.98. The number of aromatic nitrogens is 3. The molecule has 0 saturated carbocycles. The summed E-state index contributed by atoms with van der Waals surface area (Å²) in [5.41, 5.74) is 0.777. The minimum absolute atomic E-state index is 0.153. The van der Waals surface area contributed by atoms with Crippen LogP contribution in [-0.2, 0) is 0 Å². The number of nitrogens with zero attached hydrogens (tertiary/aromatic N) is 6. The Labute approximate surface area is 188 Å². The van der Waals surface area contributed by atoms with E-state index in [1.54, 1.807) is 47.5 Å². The van der Waals surface area contributed by atoms with Crippen LogP contribution in [-0.4, -0.2) is 46.1 Å². The summed E-state index contributed by atoms with van der Waals surface area (Å²) in [4.78, 5) is 27.7. The first-order chi connectivity index (χ1) is 16.1. The molecule has 10 heteroatoms. The van der Waals surface area contributed by atoms with Gasteiger partial charge in [-0.25, -0.2) is 9.37 Å². The molecule has 0 N–H and O–H groups in total. The van der Waals surface area contributed by atoms with Gasteiger partial charge in [-0.1, -0.05) is 30.3 Å². The third-order valence-corrected chi connectivity index (χ3v) is 5.53. The van der Waals surface area contributed by atoms with Crippen LogP contribution in [0.4, 0.5) is 21.6 Å². The van der Waals surface area contributed by atoms with Crippen LogP contribution in [0.15, 0.2) is 67.1 Å². The standard InChI is InChI=1S/C23H19FN6O3/c24-17-7-1-2-8-18(17)28-11-13-29(14-12-28)22-21(30(31)32)23(27-15-26-22)33-19-9-3-5-16-6-4-10-25-20(16)19/h1-10,15H,11-14H2. The van der Waals surface area contributed by atoms with Crippen LogP contribution in [0.3, 0.4) is 0 Å². The van der Waals surface area contributed by atoms with Gasteiger partial charge in [0, 0.05) is 37.8 Å². The molecule has 0 aliphatic carbocycles. The van der Waals surface area contributed by atoms with Crippen LogP contribution in [0.5, 0.6) is 11.6 Å². The van der Waals surface area contributed by atoms with Crippen LogP contribution in [0.2, 0.25) is 0 Å². The molecule has 4 aromatic rings. The van der Waals surface area contributed by atoms with Crippen LogP contribution < -0.4 is 14.5 Å². The SMILES string of the molecule is O=[N+]([O-])c1c(Oc2cccc3cccnc23)ncnc1N1CCN(c2ccccc2F)CC1. The Kier molecular flexibility index (Phi) is 5.39. The first kappa shape index (κ1) is 20.6. The molecule has 166 valence electrons. The number of hydrogen-bond acceptors (Lipinski definition) is 8. The Bertz CT molecular complexity index is 1320. The van der Waals surface area contributed by atoms with Crippen LogP contribution >= 0.6 is 0 Å². The summed E-state index contributed by atoms with van der Waals surface area (Å²) in [6, 6.07) is 15.6. The number of benzene rings is 2. The molecule has 9 nitrogen and oxygen atoms in total. The summed E-state index contributed by atoms with van der Waals surface area (Å²) >= 11 is 0. The Morgan fingerprint density at radius 3 is 2.45 bits per heavy atom. The molecule has 0 bridgehead atoms. The second-order valence-corrected chi connectivity index (χ2v) is 7.47. The zero-order valence-corrected chi connectivity index (χ0v) is 17.5. The fourth-order valence-corrected chi connectivity index (χ4v) is 3.95. The average Bonchev–Trinajstić information content (AvgIpc) is 2.84. The van der Waals surface area contributed by atoms with Crippen LogP contribution in [0, 0.1) is 15.9 Å². The van der Waals surface area contributed by atoms with Crippen molar-refractivity contribution < 1.29 is 14.1 Å². The summed E-state index contributed by atoms with van der Waals surface area (Å²) in [6.07, 6.45) is 2.88. The van der Waals surface area contributed by atoms with Crippen molar-refractivity contribution in [3.63, 3.8) is 0 Å². The molecule has 0 spiro atoms. The summed E-state index contributed by atoms with van der Waals surface area (Å²) in [7, 11) is 0. The van der Waals surface area contributed by atoms with Crippen molar-refractivity contribution in [3.8, 4) is 11.6 Å². The number of anilines is 2. The molecule has 2 aromatic heterocycles. The van der Waals surface area contributed by atoms with Gasteiger partial charge in [0.25, 0.3) is 0 Å². The van der Waals surface area contributed by atoms with E-state index < -0.39 is 4.92 Å². The highest BCUT2D eigenvalue weighted by Gasteiger charge is 2.31. The molecule has 5 rings (SSSR count). The number of ether oxygens (including phenoxy) is 1. The highest BCUT2D eigenvalue weighted by atomic mass is 19.1. The van der Waals surface area contributed by atoms with Crippen molar-refractivity contribution in [1.82, 2.24) is 15.0 Å². The van der Waals surface area contributed by atoms with Gasteiger partial charge in [0.15, 0.2) is 5.75 Å². The molecule has 3 heterocycles. The van der Waals surface area contributed by atoms with E-state index in [0.717, 1.165) is 5.39 Å². The second-order valence-electron chi connectivity index (χ2n) is 7.47. The lowest BCUT2D eigenvalue weighted by molar-refractivity contribution is -0.385. The molecule has 1 aliphatic rings. The van der Waals surface area contributed by atoms with E-state index in [1.807, 2.05) is 17.0 Å². The predicted molar refractivity (Wildman–Crippen MR) is 121 cm³/mol. The van der Waals surface area contributed by atoms with Gasteiger partial charge in [-0.2, -0.15) is 4.98 Å². The van der Waals surface area contributed by atoms with Crippen molar-refractivity contribution in [1.29, 1.82) is 0 Å². The zero-order valence-electron chi connectivity index (χ0n) is 17.5. The molecule has 0 atom stereocenters. The smallest absolute Gasteiger partial charge is 0.373 e. The van der Waals surface area contributed by atoms with Gasteiger partial charge >= 0.3 is 11.6 Å². The van der Waals surface area contributed by atoms with E-state index in [-0.39, 0.29) is 23.2 Å². The van der Waals surface area contributed by atoms with E-state index in [2.05, 4.69) is 15.0 Å². The Morgan fingerprint density at radius 1 is 0.909 bits per heavy atom. The zero-order chi connectivity index (χ0) is 22.8. The van der Waals surface area contributed by atoms with Gasteiger partial charge in [0.05, 0.1) is 10.6 Å². The molecule has 0 amide bonds. The maximum atomic E-state index is 14.1. The van der Waals surface area contributed by atoms with E-state index in [1.165, 1.54) is 12.4 Å². The number of piperazine rings is 1. The maximum absolute atomic E-state index is 14.1. The topological polar surface area (TPSA) is 97.5 Å². The van der Waals surface area contributed by atoms with Gasteiger partial charge in [-0.15, -0.1) is 0 Å². The maximum Gasteiger partial charge on any atom is 0.373 e. The Hall–Kier alpha value is -4.34. The number of nitro groups is 1. The number of fused-ring (bicyclic) bond motifs is 1. The minimum atomic E-state index is -0.535. The van der Waals surface area contributed by atoms with Crippen molar-refractivity contribution in [2.75, 3.05) is 36.0 Å². The van der Waals surface area contributed by atoms with Gasteiger partial charge in [0.1, 0.15) is 17.7 Å². The van der Waals surface area contributed by atoms with Crippen molar-refractivity contribution in [2.45, 2.75) is 0 Å². The summed E-state index contributed by atoms with van der Waals surface area (Å²) < 4.78 is 20.0. The molecule has 1 fully saturated rings. The average molecular weight is 446 g/mol. The summed E-state index contributed by atoms with van der Waals surface area (Å²) in [6.45, 7) is 1.85. The van der Waals surface area contributed by atoms with Gasteiger partial charge in [-0.3, -0.25) is 15.1 Å². The minimum Gasteiger partial charge on any atom is -0.431 e. The number of rotatable bonds is 5. The van der Waals surface area contributed by atoms with Gasteiger partial charge in [0.2, 0.25) is 5.82 Å². The monoisotopic (exact) mass is 446 g/mol. The number of pyridine rings is 1. The molecular formula is C23H19FN6O3. The Balaban J connectivity index is 1.43. The molecule has 2 aromatic carbocycles. The number of para-hydroxylation sites is 2. The van der Waals surface area contributed by atoms with Crippen molar-refractivity contribution in [2.24, 2.45) is 0 Å². The van der Waals surface area contributed by atoms with Crippen LogP contribution in [0.1, 0.15) is 0 Å². The molecule has 1 saturated heterocycles. The molecular weight excluding hydrogens is 427 g/mol. The highest BCUT2D eigenvalue weighted by Crippen LogP contribution is 2.38. The second kappa shape index (κ2) is 8.65. The lowest BCUT2D eigenvalue weighted by atomic mass is 10.2. The first-order valence-corrected chi connectivity index (χ1v) is 10.4. The van der Waals surface area contributed by atoms with E-state index in [4.69, 9.17) is 4.74 Å². The Morgan fingerprint density at radius 2 is 1.67 bits per heavy atom. The van der Waals surface area contributed by atoms with Gasteiger partial charge < -0.3 is 14.5 Å². The highest BCUT2D eigenvalue weighted by molar-refractivity contribution is 5.84. The van der Waals surface area contributed by atoms with E-state index in [9.17, 15) is 14.5 Å². The fourth-order valence-electron chi connectivity index (χ4n) is 3.95. The normalized spacial score (nSPS) is 13.8. The quantitative estimate of drug-likeness (QED) is 0.333. The predicted octanol–water partition coefficient (Wildman–Crippen LogP) is 4.19. The largest absolute Gasteiger partial charge is 0.431 e. The molecule has 1 aliphatic heterocycles. The first-order valence-electron chi connectivity index (χ1n) is 10.4. The summed E-state index contributed by atoms with van der Waals surface area (Å²) in [5, 5.41) is 12.9. The lowest BCUT2D eigenvalue weighted by Gasteiger charge is -2.36. The van der Waals surface area contributed by atoms with E-state index >= 15 is 0 Å². The number of halogens is 1. The molecule has 0 unspecified atom stereocenters. The summed E-state index contributed by atoms with van der Waals surface area (Å²) in [5.74, 6) is 0.0923. The van der Waals surface area contributed by atoms with Crippen LogP contribution in [0.25, 0.3) is 10.9 Å². The van der Waals surface area contributed by atoms with Crippen molar-refractivity contribution in [3.05, 3.63) is 83.1 Å². The van der Waals surface area contributed by atoms with E-state index in [0.29, 0.717) is 43.1 Å².